The number of nitrogens with one attached hydrogen (secondary N) is 2. The number of pyridine rings is 1. The third kappa shape index (κ3) is 4.63. The van der Waals surface area contributed by atoms with E-state index in [-0.39, 0.29) is 23.2 Å². The zero-order valence-corrected chi connectivity index (χ0v) is 13.9. The summed E-state index contributed by atoms with van der Waals surface area (Å²) in [5, 5.41) is 5.81. The lowest BCUT2D eigenvalue weighted by Gasteiger charge is -2.09. The Morgan fingerprint density at radius 2 is 1.73 bits per heavy atom. The minimum absolute atomic E-state index is 0.241. The van der Waals surface area contributed by atoms with Crippen molar-refractivity contribution in [3.8, 4) is 0 Å². The number of benzene rings is 2. The minimum Gasteiger partial charge on any atom is -0.355 e. The van der Waals surface area contributed by atoms with E-state index in [4.69, 9.17) is 0 Å². The van der Waals surface area contributed by atoms with E-state index < -0.39 is 0 Å². The van der Waals surface area contributed by atoms with E-state index in [0.29, 0.717) is 29.9 Å². The SMILES string of the molecule is O=C(NCCc1ccccc1F)c1cc(Nc2ccc(F)cc2)ccn1. The Morgan fingerprint density at radius 1 is 0.962 bits per heavy atom. The molecule has 6 heteroatoms. The Labute approximate surface area is 149 Å². The molecule has 0 unspecified atom stereocenters. The van der Waals surface area contributed by atoms with Crippen LogP contribution in [0.5, 0.6) is 0 Å². The number of carbonyl (C=O) groups is 1. The molecule has 3 rings (SSSR count). The van der Waals surface area contributed by atoms with E-state index >= 15 is 0 Å². The highest BCUT2D eigenvalue weighted by atomic mass is 19.1. The number of hydrogen-bond donors (Lipinski definition) is 2. The lowest BCUT2D eigenvalue weighted by atomic mass is 10.1. The Hall–Kier alpha value is -3.28. The van der Waals surface area contributed by atoms with Gasteiger partial charge in [0, 0.05) is 24.1 Å². The van der Waals surface area contributed by atoms with E-state index in [9.17, 15) is 13.6 Å². The molecule has 1 aromatic heterocycles. The number of hydrogen-bond acceptors (Lipinski definition) is 3. The topological polar surface area (TPSA) is 54.0 Å². The van der Waals surface area contributed by atoms with Crippen LogP contribution in [0.4, 0.5) is 20.2 Å². The van der Waals surface area contributed by atoms with Crippen molar-refractivity contribution in [2.24, 2.45) is 0 Å². The minimum atomic E-state index is -0.343. The third-order valence-corrected chi connectivity index (χ3v) is 3.76. The molecule has 0 aliphatic rings. The molecule has 0 bridgehead atoms. The molecule has 0 aliphatic carbocycles. The largest absolute Gasteiger partial charge is 0.355 e. The summed E-state index contributed by atoms with van der Waals surface area (Å²) in [6, 6.07) is 15.7. The highest BCUT2D eigenvalue weighted by Crippen LogP contribution is 2.17. The van der Waals surface area contributed by atoms with Gasteiger partial charge >= 0.3 is 0 Å². The standard InChI is InChI=1S/C20H17F2N3O/c21-15-5-7-16(8-6-15)25-17-10-12-23-19(13-17)20(26)24-11-9-14-3-1-2-4-18(14)22/h1-8,10,12-13H,9,11H2,(H,23,25)(H,24,26). The molecule has 132 valence electrons. The highest BCUT2D eigenvalue weighted by molar-refractivity contribution is 5.93. The number of rotatable bonds is 6. The lowest BCUT2D eigenvalue weighted by Crippen LogP contribution is -2.26. The summed E-state index contributed by atoms with van der Waals surface area (Å²) in [5.41, 5.74) is 2.15. The van der Waals surface area contributed by atoms with Crippen molar-refractivity contribution < 1.29 is 13.6 Å². The summed E-state index contributed by atoms with van der Waals surface area (Å²) in [5.74, 6) is -0.949. The first-order valence-electron chi connectivity index (χ1n) is 8.12. The van der Waals surface area contributed by atoms with Gasteiger partial charge in [0.2, 0.25) is 0 Å². The molecule has 0 radical (unpaired) electrons. The summed E-state index contributed by atoms with van der Waals surface area (Å²) >= 11 is 0. The van der Waals surface area contributed by atoms with E-state index in [1.165, 1.54) is 24.4 Å². The molecule has 0 atom stereocenters. The average Bonchev–Trinajstić information content (AvgIpc) is 2.65. The van der Waals surface area contributed by atoms with Gasteiger partial charge in [0.25, 0.3) is 5.91 Å². The van der Waals surface area contributed by atoms with E-state index in [1.807, 2.05) is 0 Å². The molecule has 0 fully saturated rings. The van der Waals surface area contributed by atoms with Gasteiger partial charge in [0.15, 0.2) is 0 Å². The Balaban J connectivity index is 1.59. The fraction of sp³-hybridized carbons (Fsp3) is 0.100. The normalized spacial score (nSPS) is 10.4. The van der Waals surface area contributed by atoms with Gasteiger partial charge in [-0.25, -0.2) is 8.78 Å². The predicted molar refractivity (Wildman–Crippen MR) is 96.4 cm³/mol. The number of amides is 1. The van der Waals surface area contributed by atoms with Crippen molar-refractivity contribution in [3.63, 3.8) is 0 Å². The van der Waals surface area contributed by atoms with Crippen molar-refractivity contribution in [1.82, 2.24) is 10.3 Å². The molecule has 26 heavy (non-hydrogen) atoms. The molecule has 0 spiro atoms. The fourth-order valence-electron chi connectivity index (χ4n) is 2.43. The molecule has 2 N–H and O–H groups in total. The maximum Gasteiger partial charge on any atom is 0.269 e. The number of anilines is 2. The van der Waals surface area contributed by atoms with Gasteiger partial charge < -0.3 is 10.6 Å². The first kappa shape index (κ1) is 17.5. The molecule has 4 nitrogen and oxygen atoms in total. The second-order valence-corrected chi connectivity index (χ2v) is 5.66. The van der Waals surface area contributed by atoms with Crippen LogP contribution in [-0.4, -0.2) is 17.4 Å². The van der Waals surface area contributed by atoms with Gasteiger partial charge in [-0.3, -0.25) is 9.78 Å². The number of carbonyl (C=O) groups excluding carboxylic acids is 1. The van der Waals surface area contributed by atoms with Crippen LogP contribution in [-0.2, 0) is 6.42 Å². The summed E-state index contributed by atoms with van der Waals surface area (Å²) in [7, 11) is 0. The van der Waals surface area contributed by atoms with E-state index in [2.05, 4.69) is 15.6 Å². The van der Waals surface area contributed by atoms with Gasteiger partial charge in [-0.15, -0.1) is 0 Å². The van der Waals surface area contributed by atoms with Crippen molar-refractivity contribution in [2.75, 3.05) is 11.9 Å². The van der Waals surface area contributed by atoms with Crippen molar-refractivity contribution >= 4 is 17.3 Å². The maximum absolute atomic E-state index is 13.6. The summed E-state index contributed by atoms with van der Waals surface area (Å²) < 4.78 is 26.5. The number of nitrogens with zero attached hydrogens (tertiary/aromatic N) is 1. The Bertz CT molecular complexity index is 898. The lowest BCUT2D eigenvalue weighted by molar-refractivity contribution is 0.0949. The van der Waals surface area contributed by atoms with Gasteiger partial charge in [-0.05, 0) is 54.4 Å². The summed E-state index contributed by atoms with van der Waals surface area (Å²) in [4.78, 5) is 16.3. The van der Waals surface area contributed by atoms with Crippen LogP contribution in [0, 0.1) is 11.6 Å². The quantitative estimate of drug-likeness (QED) is 0.702. The molecule has 2 aromatic carbocycles. The van der Waals surface area contributed by atoms with Crippen LogP contribution in [0.2, 0.25) is 0 Å². The van der Waals surface area contributed by atoms with Crippen LogP contribution in [0.15, 0.2) is 66.9 Å². The summed E-state index contributed by atoms with van der Waals surface area (Å²) in [6.07, 6.45) is 1.91. The number of aromatic nitrogens is 1. The van der Waals surface area contributed by atoms with Crippen LogP contribution in [0.1, 0.15) is 16.1 Å². The second kappa shape index (κ2) is 8.20. The van der Waals surface area contributed by atoms with Crippen LogP contribution < -0.4 is 10.6 Å². The highest BCUT2D eigenvalue weighted by Gasteiger charge is 2.08. The zero-order chi connectivity index (χ0) is 18.4. The molecule has 0 saturated heterocycles. The van der Waals surface area contributed by atoms with E-state index in [1.54, 1.807) is 42.5 Å². The smallest absolute Gasteiger partial charge is 0.269 e. The van der Waals surface area contributed by atoms with Gasteiger partial charge in [-0.2, -0.15) is 0 Å². The van der Waals surface area contributed by atoms with Crippen molar-refractivity contribution in [2.45, 2.75) is 6.42 Å². The molecule has 0 saturated carbocycles. The van der Waals surface area contributed by atoms with Gasteiger partial charge in [0.1, 0.15) is 17.3 Å². The predicted octanol–water partition coefficient (Wildman–Crippen LogP) is 4.08. The van der Waals surface area contributed by atoms with E-state index in [0.717, 1.165) is 0 Å². The van der Waals surface area contributed by atoms with Gasteiger partial charge in [-0.1, -0.05) is 18.2 Å². The molecule has 1 amide bonds. The first-order chi connectivity index (χ1) is 12.6. The average molecular weight is 353 g/mol. The van der Waals surface area contributed by atoms with Crippen molar-refractivity contribution in [1.29, 1.82) is 0 Å². The molecular weight excluding hydrogens is 336 g/mol. The third-order valence-electron chi connectivity index (χ3n) is 3.76. The number of halogens is 2. The monoisotopic (exact) mass is 353 g/mol. The second-order valence-electron chi connectivity index (χ2n) is 5.66. The van der Waals surface area contributed by atoms with Crippen LogP contribution in [0.3, 0.4) is 0 Å². The molecule has 3 aromatic rings. The maximum atomic E-state index is 13.6. The van der Waals surface area contributed by atoms with Crippen LogP contribution in [0.25, 0.3) is 0 Å². The van der Waals surface area contributed by atoms with Gasteiger partial charge in [0.05, 0.1) is 0 Å². The zero-order valence-electron chi connectivity index (χ0n) is 13.9. The summed E-state index contributed by atoms with van der Waals surface area (Å²) in [6.45, 7) is 0.303. The molecule has 1 heterocycles. The fourth-order valence-corrected chi connectivity index (χ4v) is 2.43. The van der Waals surface area contributed by atoms with Crippen LogP contribution >= 0.6 is 0 Å². The Kier molecular flexibility index (Phi) is 5.53. The molecular formula is C20H17F2N3O. The Morgan fingerprint density at radius 3 is 2.50 bits per heavy atom. The van der Waals surface area contributed by atoms with Crippen molar-refractivity contribution in [3.05, 3.63) is 89.8 Å². The first-order valence-corrected chi connectivity index (χ1v) is 8.12. The molecule has 0 aliphatic heterocycles.